The molecule has 1 fully saturated rings. The Hall–Kier alpha value is -1.97. The molecular weight excluding hydrogens is 306 g/mol. The number of fused-ring (bicyclic) bond motifs is 1. The average molecular weight is 324 g/mol. The third kappa shape index (κ3) is 2.82. The Bertz CT molecular complexity index is 841. The summed E-state index contributed by atoms with van der Waals surface area (Å²) in [6.45, 7) is 2.13. The van der Waals surface area contributed by atoms with Crippen molar-refractivity contribution in [1.82, 2.24) is 15.3 Å². The van der Waals surface area contributed by atoms with E-state index < -0.39 is 0 Å². The predicted octanol–water partition coefficient (Wildman–Crippen LogP) is 4.42. The molecule has 23 heavy (non-hydrogen) atoms. The van der Waals surface area contributed by atoms with E-state index in [2.05, 4.69) is 22.4 Å². The van der Waals surface area contributed by atoms with Crippen LogP contribution in [0, 0.1) is 0 Å². The van der Waals surface area contributed by atoms with E-state index in [4.69, 9.17) is 16.6 Å². The maximum atomic E-state index is 6.37. The van der Waals surface area contributed by atoms with Gasteiger partial charge in [0.1, 0.15) is 0 Å². The van der Waals surface area contributed by atoms with Gasteiger partial charge in [-0.1, -0.05) is 35.9 Å². The van der Waals surface area contributed by atoms with Crippen LogP contribution in [-0.4, -0.2) is 23.1 Å². The van der Waals surface area contributed by atoms with Crippen LogP contribution in [0.3, 0.4) is 0 Å². The molecule has 3 heterocycles. The highest BCUT2D eigenvalue weighted by Crippen LogP contribution is 2.32. The van der Waals surface area contributed by atoms with Crippen LogP contribution in [-0.2, 0) is 0 Å². The second kappa shape index (κ2) is 6.26. The standard InChI is InChI=1S/C19H18ClN3/c20-16-4-2-1-3-15(16)19-18-14(9-12-22-19)5-6-17(23-18)13-7-10-21-11-8-13/h1-6,9,12-13,21H,7-8,10-11H2. The lowest BCUT2D eigenvalue weighted by atomic mass is 9.93. The van der Waals surface area contributed by atoms with Crippen molar-refractivity contribution in [1.29, 1.82) is 0 Å². The van der Waals surface area contributed by atoms with E-state index in [1.807, 2.05) is 36.5 Å². The largest absolute Gasteiger partial charge is 0.317 e. The second-order valence-corrected chi connectivity index (χ2v) is 6.38. The summed E-state index contributed by atoms with van der Waals surface area (Å²) in [5.41, 5.74) is 3.91. The van der Waals surface area contributed by atoms with Gasteiger partial charge in [0.25, 0.3) is 0 Å². The molecule has 0 aliphatic carbocycles. The molecule has 1 aliphatic heterocycles. The van der Waals surface area contributed by atoms with Crippen molar-refractivity contribution in [2.45, 2.75) is 18.8 Å². The van der Waals surface area contributed by atoms with Gasteiger partial charge in [-0.2, -0.15) is 0 Å². The summed E-state index contributed by atoms with van der Waals surface area (Å²) >= 11 is 6.37. The van der Waals surface area contributed by atoms with Gasteiger partial charge in [0, 0.05) is 28.8 Å². The fourth-order valence-electron chi connectivity index (χ4n) is 3.26. The van der Waals surface area contributed by atoms with E-state index in [1.165, 1.54) is 5.69 Å². The number of benzene rings is 1. The molecule has 0 radical (unpaired) electrons. The van der Waals surface area contributed by atoms with Crippen molar-refractivity contribution in [3.63, 3.8) is 0 Å². The molecular formula is C19H18ClN3. The number of nitrogens with zero attached hydrogens (tertiary/aromatic N) is 2. The van der Waals surface area contributed by atoms with Crippen molar-refractivity contribution < 1.29 is 0 Å². The van der Waals surface area contributed by atoms with Gasteiger partial charge >= 0.3 is 0 Å². The highest BCUT2D eigenvalue weighted by atomic mass is 35.5. The molecule has 4 heteroatoms. The zero-order valence-electron chi connectivity index (χ0n) is 12.8. The van der Waals surface area contributed by atoms with Gasteiger partial charge in [0.05, 0.1) is 16.2 Å². The first kappa shape index (κ1) is 14.6. The van der Waals surface area contributed by atoms with E-state index in [0.717, 1.165) is 48.1 Å². The summed E-state index contributed by atoms with van der Waals surface area (Å²) in [6, 6.07) is 14.1. The number of nitrogens with one attached hydrogen (secondary N) is 1. The van der Waals surface area contributed by atoms with E-state index in [0.29, 0.717) is 10.9 Å². The van der Waals surface area contributed by atoms with E-state index >= 15 is 0 Å². The minimum atomic E-state index is 0.528. The van der Waals surface area contributed by atoms with Crippen molar-refractivity contribution in [2.75, 3.05) is 13.1 Å². The Morgan fingerprint density at radius 1 is 1.00 bits per heavy atom. The summed E-state index contributed by atoms with van der Waals surface area (Å²) in [6.07, 6.45) is 4.10. The smallest absolute Gasteiger partial charge is 0.0979 e. The number of hydrogen-bond acceptors (Lipinski definition) is 3. The van der Waals surface area contributed by atoms with Crippen LogP contribution in [0.15, 0.2) is 48.7 Å². The molecule has 1 N–H and O–H groups in total. The summed E-state index contributed by atoms with van der Waals surface area (Å²) in [5.74, 6) is 0.528. The molecule has 0 amide bonds. The summed E-state index contributed by atoms with van der Waals surface area (Å²) in [7, 11) is 0. The molecule has 3 nitrogen and oxygen atoms in total. The highest BCUT2D eigenvalue weighted by Gasteiger charge is 2.18. The van der Waals surface area contributed by atoms with Crippen molar-refractivity contribution in [3.8, 4) is 11.3 Å². The lowest BCUT2D eigenvalue weighted by Crippen LogP contribution is -2.27. The molecule has 116 valence electrons. The van der Waals surface area contributed by atoms with Gasteiger partial charge in [-0.15, -0.1) is 0 Å². The average Bonchev–Trinajstić information content (AvgIpc) is 2.62. The molecule has 1 aromatic carbocycles. The van der Waals surface area contributed by atoms with E-state index in [9.17, 15) is 0 Å². The fraction of sp³-hybridized carbons (Fsp3) is 0.263. The van der Waals surface area contributed by atoms with Crippen LogP contribution in [0.1, 0.15) is 24.5 Å². The molecule has 0 saturated carbocycles. The maximum Gasteiger partial charge on any atom is 0.0979 e. The topological polar surface area (TPSA) is 37.8 Å². The van der Waals surface area contributed by atoms with Crippen molar-refractivity contribution in [3.05, 3.63) is 59.4 Å². The zero-order chi connectivity index (χ0) is 15.6. The minimum absolute atomic E-state index is 0.528. The Morgan fingerprint density at radius 3 is 2.65 bits per heavy atom. The Balaban J connectivity index is 1.86. The highest BCUT2D eigenvalue weighted by molar-refractivity contribution is 6.33. The third-order valence-electron chi connectivity index (χ3n) is 4.52. The van der Waals surface area contributed by atoms with Gasteiger partial charge < -0.3 is 5.32 Å². The van der Waals surface area contributed by atoms with Crippen LogP contribution in [0.25, 0.3) is 22.2 Å². The molecule has 0 spiro atoms. The first-order valence-corrected chi connectivity index (χ1v) is 8.42. The van der Waals surface area contributed by atoms with Crippen molar-refractivity contribution in [2.24, 2.45) is 0 Å². The minimum Gasteiger partial charge on any atom is -0.317 e. The van der Waals surface area contributed by atoms with Gasteiger partial charge in [-0.25, -0.2) is 0 Å². The SMILES string of the molecule is Clc1ccccc1-c1nccc2ccc(C3CCNCC3)nc12. The number of hydrogen-bond donors (Lipinski definition) is 1. The lowest BCUT2D eigenvalue weighted by molar-refractivity contribution is 0.454. The monoisotopic (exact) mass is 323 g/mol. The second-order valence-electron chi connectivity index (χ2n) is 5.97. The van der Waals surface area contributed by atoms with Gasteiger partial charge in [-0.3, -0.25) is 9.97 Å². The summed E-state index contributed by atoms with van der Waals surface area (Å²) in [5, 5.41) is 5.22. The number of piperidine rings is 1. The number of halogens is 1. The fourth-order valence-corrected chi connectivity index (χ4v) is 3.48. The van der Waals surface area contributed by atoms with Crippen LogP contribution >= 0.6 is 11.6 Å². The normalized spacial score (nSPS) is 15.9. The Morgan fingerprint density at radius 2 is 1.83 bits per heavy atom. The third-order valence-corrected chi connectivity index (χ3v) is 4.85. The zero-order valence-corrected chi connectivity index (χ0v) is 13.6. The summed E-state index contributed by atoms with van der Waals surface area (Å²) < 4.78 is 0. The number of aromatic nitrogens is 2. The molecule has 1 aliphatic rings. The van der Waals surface area contributed by atoms with Crippen LogP contribution in [0.5, 0.6) is 0 Å². The van der Waals surface area contributed by atoms with Gasteiger partial charge in [0.2, 0.25) is 0 Å². The lowest BCUT2D eigenvalue weighted by Gasteiger charge is -2.22. The molecule has 4 rings (SSSR count). The van der Waals surface area contributed by atoms with Crippen LogP contribution in [0.4, 0.5) is 0 Å². The van der Waals surface area contributed by atoms with Crippen LogP contribution in [0.2, 0.25) is 5.02 Å². The molecule has 1 saturated heterocycles. The molecule has 2 aromatic heterocycles. The quantitative estimate of drug-likeness (QED) is 0.758. The predicted molar refractivity (Wildman–Crippen MR) is 94.8 cm³/mol. The molecule has 3 aromatic rings. The number of pyridine rings is 2. The Labute approximate surface area is 140 Å². The van der Waals surface area contributed by atoms with Crippen LogP contribution < -0.4 is 5.32 Å². The molecule has 0 atom stereocenters. The maximum absolute atomic E-state index is 6.37. The van der Waals surface area contributed by atoms with E-state index in [1.54, 1.807) is 0 Å². The Kier molecular flexibility index (Phi) is 3.98. The first-order valence-electron chi connectivity index (χ1n) is 8.04. The first-order chi connectivity index (χ1) is 11.3. The van der Waals surface area contributed by atoms with E-state index in [-0.39, 0.29) is 0 Å². The van der Waals surface area contributed by atoms with Gasteiger partial charge in [-0.05, 0) is 44.1 Å². The van der Waals surface area contributed by atoms with Gasteiger partial charge in [0.15, 0.2) is 0 Å². The molecule has 0 unspecified atom stereocenters. The van der Waals surface area contributed by atoms with Crippen molar-refractivity contribution >= 4 is 22.5 Å². The molecule has 0 bridgehead atoms. The summed E-state index contributed by atoms with van der Waals surface area (Å²) in [4.78, 5) is 9.53. The number of rotatable bonds is 2.